The number of hydrogen-bond donors (Lipinski definition) is 3. The van der Waals surface area contributed by atoms with Crippen LogP contribution in [0.2, 0.25) is 0 Å². The Kier molecular flexibility index (Phi) is 10.8. The van der Waals surface area contributed by atoms with Gasteiger partial charge in [0.25, 0.3) is 11.8 Å². The van der Waals surface area contributed by atoms with Gasteiger partial charge in [-0.3, -0.25) is 14.4 Å². The maximum Gasteiger partial charge on any atom is 0.272 e. The molecule has 0 aliphatic rings. The molecule has 0 fully saturated rings. The maximum atomic E-state index is 13.3. The van der Waals surface area contributed by atoms with Crippen LogP contribution in [0.15, 0.2) is 124 Å². The van der Waals surface area contributed by atoms with E-state index in [4.69, 9.17) is 4.74 Å². The maximum absolute atomic E-state index is 13.3. The van der Waals surface area contributed by atoms with E-state index in [2.05, 4.69) is 36.9 Å². The van der Waals surface area contributed by atoms with Crippen LogP contribution in [0.4, 0.5) is 10.8 Å². The number of halogens is 1. The predicted octanol–water partition coefficient (Wildman–Crippen LogP) is 7.72. The van der Waals surface area contributed by atoms with Crippen molar-refractivity contribution in [2.24, 2.45) is 0 Å². The number of benzene rings is 4. The van der Waals surface area contributed by atoms with Crippen LogP contribution >= 0.6 is 39.0 Å². The summed E-state index contributed by atoms with van der Waals surface area (Å²) in [6.07, 6.45) is 1.62. The molecule has 3 N–H and O–H groups in total. The molecule has 0 aliphatic carbocycles. The second kappa shape index (κ2) is 15.3. The third-order valence-electron chi connectivity index (χ3n) is 6.31. The zero-order valence-corrected chi connectivity index (χ0v) is 27.2. The molecule has 0 unspecified atom stereocenters. The minimum Gasteiger partial charge on any atom is -0.497 e. The van der Waals surface area contributed by atoms with Gasteiger partial charge in [-0.05, 0) is 72.3 Å². The van der Waals surface area contributed by atoms with Gasteiger partial charge in [-0.2, -0.15) is 0 Å². The molecule has 1 aromatic heterocycles. The van der Waals surface area contributed by atoms with E-state index in [1.807, 2.05) is 72.1 Å². The minimum atomic E-state index is -0.473. The Hall–Kier alpha value is -4.71. The van der Waals surface area contributed by atoms with E-state index < -0.39 is 11.8 Å². The van der Waals surface area contributed by atoms with Crippen molar-refractivity contribution in [3.8, 4) is 17.0 Å². The van der Waals surface area contributed by atoms with Gasteiger partial charge in [0.2, 0.25) is 5.91 Å². The number of carbonyl (C=O) groups excluding carboxylic acids is 3. The molecule has 0 spiro atoms. The highest BCUT2D eigenvalue weighted by atomic mass is 79.9. The van der Waals surface area contributed by atoms with Gasteiger partial charge >= 0.3 is 0 Å². The van der Waals surface area contributed by atoms with Gasteiger partial charge in [-0.15, -0.1) is 23.1 Å². The number of thiazole rings is 1. The third-order valence-corrected chi connectivity index (χ3v) is 8.61. The third kappa shape index (κ3) is 9.15. The summed E-state index contributed by atoms with van der Waals surface area (Å²) in [4.78, 5) is 44.1. The SMILES string of the molecule is COc1cccc(-c2csc(NC(=O)CSc3ccc(NC(=O)/C(=C/c4ccc(Br)cc4)NC(=O)c4ccccc4)cc3)n2)c1. The Morgan fingerprint density at radius 1 is 0.911 bits per heavy atom. The number of rotatable bonds is 11. The van der Waals surface area contributed by atoms with E-state index in [1.165, 1.54) is 23.1 Å². The first-order chi connectivity index (χ1) is 21.9. The van der Waals surface area contributed by atoms with E-state index in [-0.39, 0.29) is 17.4 Å². The number of amides is 3. The van der Waals surface area contributed by atoms with E-state index in [0.29, 0.717) is 16.4 Å². The summed E-state index contributed by atoms with van der Waals surface area (Å²) in [6.45, 7) is 0. The lowest BCUT2D eigenvalue weighted by atomic mass is 10.1. The molecule has 3 amide bonds. The summed E-state index contributed by atoms with van der Waals surface area (Å²) < 4.78 is 6.18. The number of ether oxygens (including phenoxy) is 1. The highest BCUT2D eigenvalue weighted by molar-refractivity contribution is 9.10. The quantitative estimate of drug-likeness (QED) is 0.0963. The Balaban J connectivity index is 1.18. The van der Waals surface area contributed by atoms with E-state index in [0.717, 1.165) is 31.9 Å². The number of aromatic nitrogens is 1. The van der Waals surface area contributed by atoms with Gasteiger partial charge in [0.15, 0.2) is 5.13 Å². The van der Waals surface area contributed by atoms with E-state index in [9.17, 15) is 14.4 Å². The second-order valence-electron chi connectivity index (χ2n) is 9.51. The number of anilines is 2. The first-order valence-electron chi connectivity index (χ1n) is 13.6. The first kappa shape index (κ1) is 31.7. The van der Waals surface area contributed by atoms with Crippen LogP contribution in [0.25, 0.3) is 17.3 Å². The highest BCUT2D eigenvalue weighted by Gasteiger charge is 2.16. The average Bonchev–Trinajstić information content (AvgIpc) is 3.54. The summed E-state index contributed by atoms with van der Waals surface area (Å²) in [7, 11) is 1.61. The number of carbonyl (C=O) groups is 3. The highest BCUT2D eigenvalue weighted by Crippen LogP contribution is 2.28. The summed E-state index contributed by atoms with van der Waals surface area (Å²) in [5.41, 5.74) is 3.48. The normalized spacial score (nSPS) is 11.0. The topological polar surface area (TPSA) is 109 Å². The lowest BCUT2D eigenvalue weighted by Gasteiger charge is -2.12. The number of thioether (sulfide) groups is 1. The summed E-state index contributed by atoms with van der Waals surface area (Å²) in [5, 5.41) is 10.8. The van der Waals surface area contributed by atoms with Crippen molar-refractivity contribution in [1.29, 1.82) is 0 Å². The number of hydrogen-bond acceptors (Lipinski definition) is 7. The molecule has 226 valence electrons. The Bertz CT molecular complexity index is 1830. The second-order valence-corrected chi connectivity index (χ2v) is 12.3. The lowest BCUT2D eigenvalue weighted by Crippen LogP contribution is -2.30. The molecule has 4 aromatic carbocycles. The fraction of sp³-hybridized carbons (Fsp3) is 0.0588. The minimum absolute atomic E-state index is 0.0954. The molecule has 0 saturated heterocycles. The van der Waals surface area contributed by atoms with E-state index in [1.54, 1.807) is 49.6 Å². The average molecular weight is 700 g/mol. The van der Waals surface area contributed by atoms with Crippen LogP contribution < -0.4 is 20.7 Å². The van der Waals surface area contributed by atoms with Gasteiger partial charge < -0.3 is 20.7 Å². The van der Waals surface area contributed by atoms with Crippen molar-refractivity contribution in [2.75, 3.05) is 23.5 Å². The standard InChI is InChI=1S/C34H27BrN4O4S2/c1-43-27-9-5-8-24(19-27)30-20-45-34(38-30)39-31(40)21-44-28-16-14-26(15-17-28)36-33(42)29(18-22-10-12-25(35)13-11-22)37-32(41)23-6-3-2-4-7-23/h2-20H,21H2,1H3,(H,36,42)(H,37,41)(H,38,39,40)/b29-18-. The van der Waals surface area contributed by atoms with Crippen LogP contribution in [0.1, 0.15) is 15.9 Å². The van der Waals surface area contributed by atoms with Crippen LogP contribution in [0, 0.1) is 0 Å². The molecule has 11 heteroatoms. The number of nitrogens with one attached hydrogen (secondary N) is 3. The predicted molar refractivity (Wildman–Crippen MR) is 185 cm³/mol. The van der Waals surface area contributed by atoms with Crippen molar-refractivity contribution in [1.82, 2.24) is 10.3 Å². The zero-order chi connectivity index (χ0) is 31.6. The van der Waals surface area contributed by atoms with Crippen molar-refractivity contribution in [2.45, 2.75) is 4.90 Å². The molecule has 1 heterocycles. The van der Waals surface area contributed by atoms with Crippen LogP contribution in [0.3, 0.4) is 0 Å². The molecular weight excluding hydrogens is 672 g/mol. The van der Waals surface area contributed by atoms with Gasteiger partial charge in [0.1, 0.15) is 11.4 Å². The Morgan fingerprint density at radius 3 is 2.40 bits per heavy atom. The van der Waals surface area contributed by atoms with Crippen LogP contribution in [-0.4, -0.2) is 35.6 Å². The number of nitrogens with zero attached hydrogens (tertiary/aromatic N) is 1. The Labute approximate surface area is 277 Å². The molecule has 5 aromatic rings. The molecule has 0 radical (unpaired) electrons. The van der Waals surface area contributed by atoms with Crippen molar-refractivity contribution in [3.05, 3.63) is 130 Å². The van der Waals surface area contributed by atoms with Crippen molar-refractivity contribution >= 4 is 73.6 Å². The fourth-order valence-corrected chi connectivity index (χ4v) is 5.75. The van der Waals surface area contributed by atoms with Crippen LogP contribution in [-0.2, 0) is 9.59 Å². The zero-order valence-electron chi connectivity index (χ0n) is 24.0. The van der Waals surface area contributed by atoms with Crippen molar-refractivity contribution in [3.63, 3.8) is 0 Å². The molecule has 45 heavy (non-hydrogen) atoms. The largest absolute Gasteiger partial charge is 0.497 e. The molecule has 8 nitrogen and oxygen atoms in total. The Morgan fingerprint density at radius 2 is 1.67 bits per heavy atom. The van der Waals surface area contributed by atoms with E-state index >= 15 is 0 Å². The van der Waals surface area contributed by atoms with Gasteiger partial charge in [-0.1, -0.05) is 58.4 Å². The summed E-state index contributed by atoms with van der Waals surface area (Å²) >= 11 is 6.13. The molecule has 0 aliphatic heterocycles. The summed E-state index contributed by atoms with van der Waals surface area (Å²) in [6, 6.07) is 30.8. The fourth-order valence-electron chi connectivity index (χ4n) is 4.05. The van der Waals surface area contributed by atoms with Crippen molar-refractivity contribution < 1.29 is 19.1 Å². The van der Waals surface area contributed by atoms with Crippen LogP contribution in [0.5, 0.6) is 5.75 Å². The van der Waals surface area contributed by atoms with Gasteiger partial charge in [-0.25, -0.2) is 4.98 Å². The lowest BCUT2D eigenvalue weighted by molar-refractivity contribution is -0.114. The molecule has 0 saturated carbocycles. The number of methoxy groups -OCH3 is 1. The molecular formula is C34H27BrN4O4S2. The smallest absolute Gasteiger partial charge is 0.272 e. The van der Waals surface area contributed by atoms with Gasteiger partial charge in [0.05, 0.1) is 18.6 Å². The molecule has 5 rings (SSSR count). The molecule has 0 atom stereocenters. The van der Waals surface area contributed by atoms with Gasteiger partial charge in [0, 0.05) is 31.6 Å². The molecule has 0 bridgehead atoms. The monoisotopic (exact) mass is 698 g/mol. The first-order valence-corrected chi connectivity index (χ1v) is 16.3. The summed E-state index contributed by atoms with van der Waals surface area (Å²) in [5.74, 6) is -0.126.